The van der Waals surface area contributed by atoms with E-state index in [1.807, 2.05) is 0 Å². The molecular formula is C14H23N3O. The van der Waals surface area contributed by atoms with Crippen molar-refractivity contribution in [2.75, 3.05) is 24.6 Å². The molecular weight excluding hydrogens is 226 g/mol. The number of benzene rings is 1. The van der Waals surface area contributed by atoms with Crippen molar-refractivity contribution in [2.45, 2.75) is 32.4 Å². The summed E-state index contributed by atoms with van der Waals surface area (Å²) in [5.41, 5.74) is 5.24. The van der Waals surface area contributed by atoms with E-state index in [0.29, 0.717) is 6.10 Å². The highest BCUT2D eigenvalue weighted by atomic mass is 16.5. The molecule has 4 heteroatoms. The average molecular weight is 249 g/mol. The Bertz CT molecular complexity index is 366. The molecule has 4 nitrogen and oxygen atoms in total. The molecule has 1 aliphatic rings. The number of anilines is 1. The smallest absolute Gasteiger partial charge is 0.0766 e. The topological polar surface area (TPSA) is 50.5 Å². The molecule has 1 aromatic carbocycles. The van der Waals surface area contributed by atoms with Gasteiger partial charge in [-0.25, -0.2) is 0 Å². The summed E-state index contributed by atoms with van der Waals surface area (Å²) in [6.45, 7) is 6.98. The number of hydrogen-bond donors (Lipinski definition) is 2. The predicted molar refractivity (Wildman–Crippen MR) is 74.4 cm³/mol. The molecule has 1 unspecified atom stereocenters. The van der Waals surface area contributed by atoms with Gasteiger partial charge in [-0.1, -0.05) is 12.1 Å². The van der Waals surface area contributed by atoms with Gasteiger partial charge in [-0.15, -0.1) is 0 Å². The van der Waals surface area contributed by atoms with Gasteiger partial charge in [0, 0.05) is 31.4 Å². The monoisotopic (exact) mass is 249 g/mol. The van der Waals surface area contributed by atoms with Crippen LogP contribution in [0, 0.1) is 0 Å². The van der Waals surface area contributed by atoms with Crippen LogP contribution in [0.1, 0.15) is 31.9 Å². The number of nitrogens with one attached hydrogen (secondary N) is 1. The Labute approximate surface area is 109 Å². The number of rotatable bonds is 5. The molecule has 0 aliphatic carbocycles. The molecule has 0 saturated carbocycles. The minimum Gasteiger partial charge on any atom is -0.377 e. The Hall–Kier alpha value is -1.10. The van der Waals surface area contributed by atoms with Gasteiger partial charge in [0.1, 0.15) is 0 Å². The van der Waals surface area contributed by atoms with Crippen molar-refractivity contribution in [1.82, 2.24) is 5.43 Å². The fourth-order valence-electron chi connectivity index (χ4n) is 2.40. The molecule has 1 aromatic rings. The summed E-state index contributed by atoms with van der Waals surface area (Å²) in [5.74, 6) is 5.44. The van der Waals surface area contributed by atoms with Crippen LogP contribution in [0.25, 0.3) is 0 Å². The van der Waals surface area contributed by atoms with E-state index < -0.39 is 0 Å². The highest BCUT2D eigenvalue weighted by molar-refractivity contribution is 5.49. The SMILES string of the molecule is CCO[C@H]1CCN(c2ccc(C(C)NN)cc2)C1. The molecule has 1 saturated heterocycles. The second-order valence-electron chi connectivity index (χ2n) is 4.79. The highest BCUT2D eigenvalue weighted by Gasteiger charge is 2.22. The summed E-state index contributed by atoms with van der Waals surface area (Å²) < 4.78 is 5.67. The van der Waals surface area contributed by atoms with Gasteiger partial charge >= 0.3 is 0 Å². The zero-order valence-corrected chi connectivity index (χ0v) is 11.2. The molecule has 2 rings (SSSR count). The van der Waals surface area contributed by atoms with Crippen LogP contribution in [0.2, 0.25) is 0 Å². The van der Waals surface area contributed by atoms with Gasteiger partial charge in [0.2, 0.25) is 0 Å². The molecule has 100 valence electrons. The normalized spacial score (nSPS) is 21.3. The number of nitrogens with two attached hydrogens (primary N) is 1. The largest absolute Gasteiger partial charge is 0.377 e. The van der Waals surface area contributed by atoms with Crippen molar-refractivity contribution in [1.29, 1.82) is 0 Å². The van der Waals surface area contributed by atoms with Crippen LogP contribution in [0.15, 0.2) is 24.3 Å². The quantitative estimate of drug-likeness (QED) is 0.617. The molecule has 0 radical (unpaired) electrons. The van der Waals surface area contributed by atoms with Gasteiger partial charge in [-0.2, -0.15) is 0 Å². The van der Waals surface area contributed by atoms with E-state index in [1.165, 1.54) is 11.3 Å². The van der Waals surface area contributed by atoms with Crippen LogP contribution in [-0.2, 0) is 4.74 Å². The van der Waals surface area contributed by atoms with Crippen molar-refractivity contribution in [3.05, 3.63) is 29.8 Å². The maximum atomic E-state index is 5.67. The van der Waals surface area contributed by atoms with Gasteiger partial charge in [0.25, 0.3) is 0 Å². The molecule has 2 atom stereocenters. The lowest BCUT2D eigenvalue weighted by atomic mass is 10.1. The summed E-state index contributed by atoms with van der Waals surface area (Å²) >= 11 is 0. The zero-order valence-electron chi connectivity index (χ0n) is 11.2. The van der Waals surface area contributed by atoms with Crippen LogP contribution in [0.3, 0.4) is 0 Å². The lowest BCUT2D eigenvalue weighted by Crippen LogP contribution is -2.26. The first-order valence-corrected chi connectivity index (χ1v) is 6.67. The van der Waals surface area contributed by atoms with Crippen LogP contribution < -0.4 is 16.2 Å². The fourth-order valence-corrected chi connectivity index (χ4v) is 2.40. The van der Waals surface area contributed by atoms with E-state index in [4.69, 9.17) is 10.6 Å². The summed E-state index contributed by atoms with van der Waals surface area (Å²) in [6.07, 6.45) is 1.51. The van der Waals surface area contributed by atoms with E-state index in [9.17, 15) is 0 Å². The molecule has 1 aliphatic heterocycles. The minimum atomic E-state index is 0.189. The number of ether oxygens (including phenoxy) is 1. The summed E-state index contributed by atoms with van der Waals surface area (Å²) in [7, 11) is 0. The Kier molecular flexibility index (Phi) is 4.58. The Balaban J connectivity index is 1.98. The van der Waals surface area contributed by atoms with E-state index in [2.05, 4.69) is 48.4 Å². The predicted octanol–water partition coefficient (Wildman–Crippen LogP) is 1.83. The number of hydrogen-bond acceptors (Lipinski definition) is 4. The zero-order chi connectivity index (χ0) is 13.0. The molecule has 3 N–H and O–H groups in total. The third kappa shape index (κ3) is 3.02. The third-order valence-electron chi connectivity index (χ3n) is 3.56. The second-order valence-corrected chi connectivity index (χ2v) is 4.79. The van der Waals surface area contributed by atoms with Crippen LogP contribution in [-0.4, -0.2) is 25.8 Å². The first kappa shape index (κ1) is 13.3. The summed E-state index contributed by atoms with van der Waals surface area (Å²) in [6, 6.07) is 8.78. The minimum absolute atomic E-state index is 0.189. The maximum absolute atomic E-state index is 5.67. The average Bonchev–Trinajstić information content (AvgIpc) is 2.87. The third-order valence-corrected chi connectivity index (χ3v) is 3.56. The van der Waals surface area contributed by atoms with Gasteiger partial charge in [0.05, 0.1) is 6.10 Å². The van der Waals surface area contributed by atoms with E-state index in [1.54, 1.807) is 0 Å². The first-order chi connectivity index (χ1) is 8.74. The first-order valence-electron chi connectivity index (χ1n) is 6.67. The van der Waals surface area contributed by atoms with Crippen molar-refractivity contribution >= 4 is 5.69 Å². The lowest BCUT2D eigenvalue weighted by molar-refractivity contribution is 0.0787. The molecule has 1 heterocycles. The number of hydrazine groups is 1. The fraction of sp³-hybridized carbons (Fsp3) is 0.571. The molecule has 18 heavy (non-hydrogen) atoms. The molecule has 1 fully saturated rings. The van der Waals surface area contributed by atoms with Crippen LogP contribution in [0.5, 0.6) is 0 Å². The maximum Gasteiger partial charge on any atom is 0.0766 e. The molecule has 0 spiro atoms. The Morgan fingerprint density at radius 3 is 2.78 bits per heavy atom. The summed E-state index contributed by atoms with van der Waals surface area (Å²) in [5, 5.41) is 0. The van der Waals surface area contributed by atoms with Crippen molar-refractivity contribution in [3.8, 4) is 0 Å². The number of nitrogens with zero attached hydrogens (tertiary/aromatic N) is 1. The Morgan fingerprint density at radius 1 is 1.44 bits per heavy atom. The second kappa shape index (κ2) is 6.18. The lowest BCUT2D eigenvalue weighted by Gasteiger charge is -2.19. The van der Waals surface area contributed by atoms with Crippen molar-refractivity contribution in [2.24, 2.45) is 5.84 Å². The van der Waals surface area contributed by atoms with Gasteiger partial charge in [-0.05, 0) is 38.0 Å². The molecule has 0 bridgehead atoms. The van der Waals surface area contributed by atoms with Gasteiger partial charge in [-0.3, -0.25) is 11.3 Å². The van der Waals surface area contributed by atoms with Gasteiger partial charge in [0.15, 0.2) is 0 Å². The highest BCUT2D eigenvalue weighted by Crippen LogP contribution is 2.23. The van der Waals surface area contributed by atoms with Crippen molar-refractivity contribution in [3.63, 3.8) is 0 Å². The van der Waals surface area contributed by atoms with Gasteiger partial charge < -0.3 is 9.64 Å². The van der Waals surface area contributed by atoms with Crippen LogP contribution in [0.4, 0.5) is 5.69 Å². The van der Waals surface area contributed by atoms with E-state index in [0.717, 1.165) is 26.1 Å². The van der Waals surface area contributed by atoms with E-state index >= 15 is 0 Å². The van der Waals surface area contributed by atoms with Crippen LogP contribution >= 0.6 is 0 Å². The van der Waals surface area contributed by atoms with E-state index in [-0.39, 0.29) is 6.04 Å². The standard InChI is InChI=1S/C14H23N3O/c1-3-18-14-8-9-17(10-14)13-6-4-12(5-7-13)11(2)16-15/h4-7,11,14,16H,3,8-10,15H2,1-2H3/t11?,14-/m0/s1. The van der Waals surface area contributed by atoms with Crippen molar-refractivity contribution < 1.29 is 4.74 Å². The Morgan fingerprint density at radius 2 is 2.17 bits per heavy atom. The molecule has 0 aromatic heterocycles. The molecule has 0 amide bonds. The summed E-state index contributed by atoms with van der Waals surface area (Å²) in [4.78, 5) is 2.38.